The van der Waals surface area contributed by atoms with Crippen LogP contribution in [0.2, 0.25) is 0 Å². The van der Waals surface area contributed by atoms with Crippen molar-refractivity contribution >= 4 is 17.2 Å². The van der Waals surface area contributed by atoms with Crippen molar-refractivity contribution in [2.75, 3.05) is 32.8 Å². The van der Waals surface area contributed by atoms with Crippen LogP contribution in [0.15, 0.2) is 30.5 Å². The van der Waals surface area contributed by atoms with Gasteiger partial charge in [0, 0.05) is 48.8 Å². The van der Waals surface area contributed by atoms with Crippen LogP contribution in [-0.4, -0.2) is 48.6 Å². The van der Waals surface area contributed by atoms with Gasteiger partial charge >= 0.3 is 0 Å². The Hall–Kier alpha value is -1.65. The minimum absolute atomic E-state index is 0.735. The topological polar surface area (TPSA) is 34.5 Å². The van der Waals surface area contributed by atoms with Crippen LogP contribution in [-0.2, 0) is 11.3 Å². The van der Waals surface area contributed by atoms with Crippen LogP contribution in [0.25, 0.3) is 10.9 Å². The van der Waals surface area contributed by atoms with Gasteiger partial charge in [-0.1, -0.05) is 0 Å². The maximum absolute atomic E-state index is 10.8. The lowest BCUT2D eigenvalue weighted by molar-refractivity contribution is 0.0365. The van der Waals surface area contributed by atoms with Crippen molar-refractivity contribution in [2.45, 2.75) is 6.54 Å². The number of ether oxygens (including phenoxy) is 1. The van der Waals surface area contributed by atoms with Gasteiger partial charge in [0.1, 0.15) is 6.29 Å². The zero-order chi connectivity index (χ0) is 13.1. The first-order valence-electron chi connectivity index (χ1n) is 6.71. The largest absolute Gasteiger partial charge is 0.379 e. The number of morpholine rings is 1. The molecule has 100 valence electrons. The van der Waals surface area contributed by atoms with Crippen LogP contribution in [0, 0.1) is 0 Å². The van der Waals surface area contributed by atoms with E-state index >= 15 is 0 Å². The minimum atomic E-state index is 0.735. The number of fused-ring (bicyclic) bond motifs is 1. The number of carbonyl (C=O) groups is 1. The Morgan fingerprint density at radius 2 is 2.00 bits per heavy atom. The zero-order valence-electron chi connectivity index (χ0n) is 10.9. The van der Waals surface area contributed by atoms with Crippen LogP contribution >= 0.6 is 0 Å². The van der Waals surface area contributed by atoms with Crippen molar-refractivity contribution in [3.05, 3.63) is 36.0 Å². The molecule has 1 fully saturated rings. The number of carbonyl (C=O) groups excluding carboxylic acids is 1. The molecule has 0 unspecified atom stereocenters. The molecule has 1 aromatic heterocycles. The summed E-state index contributed by atoms with van der Waals surface area (Å²) in [7, 11) is 0. The van der Waals surface area contributed by atoms with E-state index in [1.165, 1.54) is 5.52 Å². The van der Waals surface area contributed by atoms with Crippen LogP contribution in [0.4, 0.5) is 0 Å². The third kappa shape index (κ3) is 2.69. The molecule has 0 radical (unpaired) electrons. The van der Waals surface area contributed by atoms with E-state index in [9.17, 15) is 4.79 Å². The second-order valence-corrected chi connectivity index (χ2v) is 4.90. The van der Waals surface area contributed by atoms with Crippen LogP contribution < -0.4 is 0 Å². The quantitative estimate of drug-likeness (QED) is 0.784. The lowest BCUT2D eigenvalue weighted by atomic mass is 10.2. The van der Waals surface area contributed by atoms with Crippen LogP contribution in [0.3, 0.4) is 0 Å². The Morgan fingerprint density at radius 1 is 1.16 bits per heavy atom. The Balaban J connectivity index is 1.72. The van der Waals surface area contributed by atoms with Gasteiger partial charge in [-0.15, -0.1) is 0 Å². The summed E-state index contributed by atoms with van der Waals surface area (Å²) in [5.74, 6) is 0. The highest BCUT2D eigenvalue weighted by atomic mass is 16.5. The van der Waals surface area contributed by atoms with E-state index in [4.69, 9.17) is 4.74 Å². The fraction of sp³-hybridized carbons (Fsp3) is 0.400. The molecule has 2 aromatic rings. The number of rotatable bonds is 4. The summed E-state index contributed by atoms with van der Waals surface area (Å²) < 4.78 is 7.60. The first kappa shape index (κ1) is 12.4. The number of aldehydes is 1. The average Bonchev–Trinajstić information content (AvgIpc) is 2.88. The summed E-state index contributed by atoms with van der Waals surface area (Å²) in [6.45, 7) is 5.75. The highest BCUT2D eigenvalue weighted by Crippen LogP contribution is 2.17. The third-order valence-corrected chi connectivity index (χ3v) is 3.69. The summed E-state index contributed by atoms with van der Waals surface area (Å²) in [6.07, 6.45) is 2.99. The van der Waals surface area contributed by atoms with Crippen molar-refractivity contribution in [2.24, 2.45) is 0 Å². The molecular weight excluding hydrogens is 240 g/mol. The van der Waals surface area contributed by atoms with E-state index < -0.39 is 0 Å². The normalized spacial score (nSPS) is 16.8. The molecule has 1 aliphatic rings. The molecule has 1 aromatic carbocycles. The molecular formula is C15H18N2O2. The van der Waals surface area contributed by atoms with Crippen molar-refractivity contribution in [1.29, 1.82) is 0 Å². The molecule has 0 bridgehead atoms. The Labute approximate surface area is 112 Å². The highest BCUT2D eigenvalue weighted by molar-refractivity contribution is 5.87. The van der Waals surface area contributed by atoms with E-state index in [-0.39, 0.29) is 0 Å². The molecule has 4 heteroatoms. The highest BCUT2D eigenvalue weighted by Gasteiger charge is 2.10. The molecule has 2 heterocycles. The predicted molar refractivity (Wildman–Crippen MR) is 74.6 cm³/mol. The predicted octanol–water partition coefficient (Wildman–Crippen LogP) is 1.79. The van der Waals surface area contributed by atoms with E-state index in [0.717, 1.165) is 56.6 Å². The summed E-state index contributed by atoms with van der Waals surface area (Å²) in [4.78, 5) is 13.2. The van der Waals surface area contributed by atoms with E-state index in [1.54, 1.807) is 0 Å². The Morgan fingerprint density at radius 3 is 2.79 bits per heavy atom. The molecule has 0 spiro atoms. The van der Waals surface area contributed by atoms with Gasteiger partial charge in [-0.25, -0.2) is 0 Å². The minimum Gasteiger partial charge on any atom is -0.379 e. The average molecular weight is 258 g/mol. The molecule has 19 heavy (non-hydrogen) atoms. The van der Waals surface area contributed by atoms with Gasteiger partial charge < -0.3 is 9.30 Å². The fourth-order valence-electron chi connectivity index (χ4n) is 2.56. The first-order chi connectivity index (χ1) is 9.36. The smallest absolute Gasteiger partial charge is 0.150 e. The lowest BCUT2D eigenvalue weighted by Gasteiger charge is -2.26. The van der Waals surface area contributed by atoms with E-state index in [1.807, 2.05) is 18.2 Å². The molecule has 1 saturated heterocycles. The van der Waals surface area contributed by atoms with Gasteiger partial charge in [0.2, 0.25) is 0 Å². The van der Waals surface area contributed by atoms with Gasteiger partial charge in [0.15, 0.2) is 0 Å². The van der Waals surface area contributed by atoms with Crippen LogP contribution in [0.1, 0.15) is 10.4 Å². The van der Waals surface area contributed by atoms with Gasteiger partial charge in [-0.2, -0.15) is 0 Å². The van der Waals surface area contributed by atoms with Gasteiger partial charge in [-0.3, -0.25) is 9.69 Å². The standard InChI is InChI=1S/C15H18N2O2/c18-12-13-1-2-15-14(11-13)3-4-17(15)6-5-16-7-9-19-10-8-16/h1-4,11-12H,5-10H2. The Kier molecular flexibility index (Phi) is 3.62. The fourth-order valence-corrected chi connectivity index (χ4v) is 2.56. The molecule has 1 aliphatic heterocycles. The number of benzene rings is 1. The summed E-state index contributed by atoms with van der Waals surface area (Å²) in [6, 6.07) is 7.91. The van der Waals surface area contributed by atoms with Crippen molar-refractivity contribution < 1.29 is 9.53 Å². The van der Waals surface area contributed by atoms with Crippen molar-refractivity contribution in [3.8, 4) is 0 Å². The van der Waals surface area contributed by atoms with Gasteiger partial charge in [-0.05, 0) is 24.3 Å². The molecule has 0 atom stereocenters. The maximum atomic E-state index is 10.8. The molecule has 3 rings (SSSR count). The first-order valence-corrected chi connectivity index (χ1v) is 6.71. The lowest BCUT2D eigenvalue weighted by Crippen LogP contribution is -2.38. The Bertz CT molecular complexity index is 571. The van der Waals surface area contributed by atoms with E-state index in [0.29, 0.717) is 0 Å². The summed E-state index contributed by atoms with van der Waals surface area (Å²) in [5, 5.41) is 1.13. The molecule has 0 aliphatic carbocycles. The van der Waals surface area contributed by atoms with Crippen molar-refractivity contribution in [1.82, 2.24) is 9.47 Å². The second kappa shape index (κ2) is 5.55. The number of aromatic nitrogens is 1. The van der Waals surface area contributed by atoms with Gasteiger partial charge in [0.05, 0.1) is 13.2 Å². The number of hydrogen-bond donors (Lipinski definition) is 0. The zero-order valence-corrected chi connectivity index (χ0v) is 10.9. The molecule has 0 saturated carbocycles. The molecule has 0 N–H and O–H groups in total. The second-order valence-electron chi connectivity index (χ2n) is 4.90. The summed E-state index contributed by atoms with van der Waals surface area (Å²) >= 11 is 0. The monoisotopic (exact) mass is 258 g/mol. The number of nitrogens with zero attached hydrogens (tertiary/aromatic N) is 2. The molecule has 0 amide bonds. The van der Waals surface area contributed by atoms with Gasteiger partial charge in [0.25, 0.3) is 0 Å². The van der Waals surface area contributed by atoms with E-state index in [2.05, 4.69) is 21.7 Å². The SMILES string of the molecule is O=Cc1ccc2c(ccn2CCN2CCOCC2)c1. The number of hydrogen-bond acceptors (Lipinski definition) is 3. The van der Waals surface area contributed by atoms with Crippen molar-refractivity contribution in [3.63, 3.8) is 0 Å². The van der Waals surface area contributed by atoms with Crippen LogP contribution in [0.5, 0.6) is 0 Å². The third-order valence-electron chi connectivity index (χ3n) is 3.69. The summed E-state index contributed by atoms with van der Waals surface area (Å²) in [5.41, 5.74) is 1.93. The molecule has 4 nitrogen and oxygen atoms in total. The maximum Gasteiger partial charge on any atom is 0.150 e.